The molecule has 0 aromatic carbocycles. The first-order valence-corrected chi connectivity index (χ1v) is 5.03. The molecule has 0 saturated heterocycles. The van der Waals surface area contributed by atoms with Crippen molar-refractivity contribution in [3.63, 3.8) is 0 Å². The second kappa shape index (κ2) is 4.55. The van der Waals surface area contributed by atoms with E-state index < -0.39 is 0 Å². The highest BCUT2D eigenvalue weighted by Crippen LogP contribution is 2.19. The van der Waals surface area contributed by atoms with Crippen LogP contribution in [-0.2, 0) is 12.8 Å². The molecule has 0 spiro atoms. The first-order chi connectivity index (χ1) is 6.51. The zero-order chi connectivity index (χ0) is 10.6. The van der Waals surface area contributed by atoms with E-state index in [1.54, 1.807) is 0 Å². The quantitative estimate of drug-likeness (QED) is 0.795. The fourth-order valence-electron chi connectivity index (χ4n) is 1.18. The Morgan fingerprint density at radius 3 is 2.64 bits per heavy atom. The summed E-state index contributed by atoms with van der Waals surface area (Å²) >= 11 is 0. The van der Waals surface area contributed by atoms with Crippen molar-refractivity contribution in [1.29, 1.82) is 0 Å². The van der Waals surface area contributed by atoms with Gasteiger partial charge in [0.2, 0.25) is 5.89 Å². The Kier molecular flexibility index (Phi) is 3.63. The van der Waals surface area contributed by atoms with Gasteiger partial charge >= 0.3 is 0 Å². The Labute approximate surface area is 84.9 Å². The minimum atomic E-state index is 0.192. The third kappa shape index (κ3) is 3.87. The van der Waals surface area contributed by atoms with Gasteiger partial charge in [0.25, 0.3) is 0 Å². The fraction of sp³-hybridized carbons (Fsp3) is 0.800. The van der Waals surface area contributed by atoms with Crippen LogP contribution in [0.4, 0.5) is 0 Å². The molecule has 1 heterocycles. The van der Waals surface area contributed by atoms with Crippen molar-refractivity contribution >= 4 is 0 Å². The summed E-state index contributed by atoms with van der Waals surface area (Å²) in [4.78, 5) is 4.30. The Balaban J connectivity index is 2.51. The van der Waals surface area contributed by atoms with Gasteiger partial charge in [0.15, 0.2) is 5.82 Å². The lowest BCUT2D eigenvalue weighted by atomic mass is 9.92. The molecule has 0 atom stereocenters. The van der Waals surface area contributed by atoms with E-state index in [1.165, 1.54) is 0 Å². The number of nitrogens with zero attached hydrogens (tertiary/aromatic N) is 2. The highest BCUT2D eigenvalue weighted by molar-refractivity contribution is 4.89. The zero-order valence-electron chi connectivity index (χ0n) is 9.21. The smallest absolute Gasteiger partial charge is 0.227 e. The van der Waals surface area contributed by atoms with Crippen LogP contribution in [0, 0.1) is 5.41 Å². The van der Waals surface area contributed by atoms with Gasteiger partial charge in [0.05, 0.1) is 0 Å². The largest absolute Gasteiger partial charge is 0.339 e. The molecule has 0 aliphatic heterocycles. The Bertz CT molecular complexity index is 275. The molecule has 1 aromatic heterocycles. The van der Waals surface area contributed by atoms with Crippen molar-refractivity contribution < 1.29 is 4.52 Å². The van der Waals surface area contributed by atoms with Crippen molar-refractivity contribution in [1.82, 2.24) is 10.1 Å². The summed E-state index contributed by atoms with van der Waals surface area (Å²) < 4.78 is 5.14. The molecule has 4 heteroatoms. The summed E-state index contributed by atoms with van der Waals surface area (Å²) in [6.07, 6.45) is 2.54. The van der Waals surface area contributed by atoms with Crippen molar-refractivity contribution in [2.24, 2.45) is 11.1 Å². The molecule has 1 aromatic rings. The van der Waals surface area contributed by atoms with Gasteiger partial charge in [0.1, 0.15) is 0 Å². The molecule has 0 saturated carbocycles. The van der Waals surface area contributed by atoms with Crippen LogP contribution in [0.15, 0.2) is 4.52 Å². The molecule has 0 aliphatic carbocycles. The van der Waals surface area contributed by atoms with E-state index in [0.29, 0.717) is 6.54 Å². The van der Waals surface area contributed by atoms with Gasteiger partial charge in [-0.3, -0.25) is 0 Å². The van der Waals surface area contributed by atoms with Gasteiger partial charge in [-0.2, -0.15) is 4.98 Å². The number of hydrogen-bond donors (Lipinski definition) is 1. The van der Waals surface area contributed by atoms with Crippen LogP contribution in [0.2, 0.25) is 0 Å². The van der Waals surface area contributed by atoms with E-state index in [9.17, 15) is 0 Å². The standard InChI is InChI=1S/C10H19N3O/c1-10(2,3)7-9-12-8(13-14-9)5-4-6-11/h4-7,11H2,1-3H3. The minimum absolute atomic E-state index is 0.192. The summed E-state index contributed by atoms with van der Waals surface area (Å²) in [7, 11) is 0. The van der Waals surface area contributed by atoms with Gasteiger partial charge in [-0.25, -0.2) is 0 Å². The maximum Gasteiger partial charge on any atom is 0.227 e. The average Bonchev–Trinajstić information content (AvgIpc) is 2.46. The predicted molar refractivity (Wildman–Crippen MR) is 54.8 cm³/mol. The number of rotatable bonds is 4. The van der Waals surface area contributed by atoms with Crippen molar-refractivity contribution in [3.05, 3.63) is 11.7 Å². The Morgan fingerprint density at radius 2 is 2.07 bits per heavy atom. The second-order valence-corrected chi connectivity index (χ2v) is 4.73. The fourth-order valence-corrected chi connectivity index (χ4v) is 1.18. The molecule has 0 radical (unpaired) electrons. The lowest BCUT2D eigenvalue weighted by Crippen LogP contribution is -2.09. The minimum Gasteiger partial charge on any atom is -0.339 e. The molecule has 0 bridgehead atoms. The van der Waals surface area contributed by atoms with E-state index in [2.05, 4.69) is 30.9 Å². The van der Waals surface area contributed by atoms with Crippen molar-refractivity contribution in [2.75, 3.05) is 6.54 Å². The Hall–Kier alpha value is -0.900. The average molecular weight is 197 g/mol. The number of aryl methyl sites for hydroxylation is 1. The van der Waals surface area contributed by atoms with Gasteiger partial charge in [-0.1, -0.05) is 25.9 Å². The molecule has 0 unspecified atom stereocenters. The summed E-state index contributed by atoms with van der Waals surface area (Å²) in [5, 5.41) is 3.90. The number of hydrogen-bond acceptors (Lipinski definition) is 4. The summed E-state index contributed by atoms with van der Waals surface area (Å²) in [5.74, 6) is 1.50. The van der Waals surface area contributed by atoms with Crippen LogP contribution in [-0.4, -0.2) is 16.7 Å². The SMILES string of the molecule is CC(C)(C)Cc1nc(CCCN)no1. The van der Waals surface area contributed by atoms with E-state index in [1.807, 2.05) is 0 Å². The van der Waals surface area contributed by atoms with Crippen molar-refractivity contribution in [3.8, 4) is 0 Å². The molecule has 80 valence electrons. The molecule has 1 rings (SSSR count). The van der Waals surface area contributed by atoms with Gasteiger partial charge in [0, 0.05) is 12.8 Å². The zero-order valence-corrected chi connectivity index (χ0v) is 9.21. The van der Waals surface area contributed by atoms with Crippen molar-refractivity contribution in [2.45, 2.75) is 40.0 Å². The number of nitrogens with two attached hydrogens (primary N) is 1. The van der Waals surface area contributed by atoms with Crippen LogP contribution in [0.1, 0.15) is 38.9 Å². The van der Waals surface area contributed by atoms with Crippen LogP contribution in [0.25, 0.3) is 0 Å². The Morgan fingerprint density at radius 1 is 1.36 bits per heavy atom. The lowest BCUT2D eigenvalue weighted by Gasteiger charge is -2.13. The third-order valence-electron chi connectivity index (χ3n) is 1.80. The molecular weight excluding hydrogens is 178 g/mol. The molecule has 0 aliphatic rings. The summed E-state index contributed by atoms with van der Waals surface area (Å²) in [5.41, 5.74) is 5.59. The summed E-state index contributed by atoms with van der Waals surface area (Å²) in [6, 6.07) is 0. The monoisotopic (exact) mass is 197 g/mol. The van der Waals surface area contributed by atoms with Crippen LogP contribution < -0.4 is 5.73 Å². The molecular formula is C10H19N3O. The predicted octanol–water partition coefficient (Wildman–Crippen LogP) is 1.55. The molecule has 0 fully saturated rings. The van der Waals surface area contributed by atoms with Gasteiger partial charge in [-0.05, 0) is 18.4 Å². The maximum absolute atomic E-state index is 5.40. The molecule has 2 N–H and O–H groups in total. The molecule has 4 nitrogen and oxygen atoms in total. The normalized spacial score (nSPS) is 12.0. The maximum atomic E-state index is 5.40. The lowest BCUT2D eigenvalue weighted by molar-refractivity contribution is 0.312. The first-order valence-electron chi connectivity index (χ1n) is 5.03. The highest BCUT2D eigenvalue weighted by Gasteiger charge is 2.16. The third-order valence-corrected chi connectivity index (χ3v) is 1.80. The topological polar surface area (TPSA) is 64.9 Å². The number of aromatic nitrogens is 2. The van der Waals surface area contributed by atoms with Crippen LogP contribution in [0.3, 0.4) is 0 Å². The van der Waals surface area contributed by atoms with Crippen LogP contribution >= 0.6 is 0 Å². The molecule has 0 amide bonds. The van der Waals surface area contributed by atoms with E-state index in [-0.39, 0.29) is 5.41 Å². The van der Waals surface area contributed by atoms with Crippen LogP contribution in [0.5, 0.6) is 0 Å². The second-order valence-electron chi connectivity index (χ2n) is 4.73. The molecule has 14 heavy (non-hydrogen) atoms. The van der Waals surface area contributed by atoms with Gasteiger partial charge < -0.3 is 10.3 Å². The van der Waals surface area contributed by atoms with E-state index >= 15 is 0 Å². The van der Waals surface area contributed by atoms with E-state index in [0.717, 1.165) is 31.0 Å². The van der Waals surface area contributed by atoms with Gasteiger partial charge in [-0.15, -0.1) is 0 Å². The summed E-state index contributed by atoms with van der Waals surface area (Å²) in [6.45, 7) is 7.12. The first kappa shape index (κ1) is 11.2. The highest BCUT2D eigenvalue weighted by atomic mass is 16.5. The van der Waals surface area contributed by atoms with E-state index in [4.69, 9.17) is 10.3 Å².